The summed E-state index contributed by atoms with van der Waals surface area (Å²) < 4.78 is 5.40. The topological polar surface area (TPSA) is 121 Å². The fraction of sp³-hybridized carbons (Fsp3) is 0.400. The maximum absolute atomic E-state index is 13.1. The first-order valence-electron chi connectivity index (χ1n) is 10.9. The number of ether oxygens (including phenoxy) is 1. The van der Waals surface area contributed by atoms with E-state index in [9.17, 15) is 29.7 Å². The molecule has 2 aliphatic rings. The molecular formula is C25H26O7. The third-order valence-electron chi connectivity index (χ3n) is 6.43. The highest BCUT2D eigenvalue weighted by molar-refractivity contribution is 6.30. The molecule has 2 aromatic carbocycles. The molecule has 0 aliphatic heterocycles. The van der Waals surface area contributed by atoms with E-state index in [2.05, 4.69) is 6.92 Å². The summed E-state index contributed by atoms with van der Waals surface area (Å²) in [5.41, 5.74) is -1.57. The van der Waals surface area contributed by atoms with Crippen molar-refractivity contribution < 1.29 is 34.4 Å². The lowest BCUT2D eigenvalue weighted by molar-refractivity contribution is -0.143. The number of aliphatic hydroxyl groups is 1. The molecule has 4 rings (SSSR count). The zero-order valence-corrected chi connectivity index (χ0v) is 17.9. The molecule has 0 heterocycles. The molecule has 168 valence electrons. The van der Waals surface area contributed by atoms with Gasteiger partial charge in [0.15, 0.2) is 17.3 Å². The number of carbonyl (C=O) groups is 3. The predicted molar refractivity (Wildman–Crippen MR) is 115 cm³/mol. The summed E-state index contributed by atoms with van der Waals surface area (Å²) in [5.74, 6) is -2.46. The summed E-state index contributed by atoms with van der Waals surface area (Å²) >= 11 is 0. The van der Waals surface area contributed by atoms with Crippen LogP contribution in [0, 0.1) is 0 Å². The number of Topliss-reactive ketones (excluding diaryl/α,β-unsaturated/α-hetero) is 1. The summed E-state index contributed by atoms with van der Waals surface area (Å²) in [5, 5.41) is 32.9. The van der Waals surface area contributed by atoms with Crippen molar-refractivity contribution in [1.82, 2.24) is 0 Å². The van der Waals surface area contributed by atoms with Gasteiger partial charge in [-0.25, -0.2) is 0 Å². The number of ketones is 3. The van der Waals surface area contributed by atoms with Gasteiger partial charge in [-0.15, -0.1) is 0 Å². The summed E-state index contributed by atoms with van der Waals surface area (Å²) in [7, 11) is 0. The van der Waals surface area contributed by atoms with Gasteiger partial charge < -0.3 is 20.1 Å². The lowest BCUT2D eigenvalue weighted by atomic mass is 9.73. The lowest BCUT2D eigenvalue weighted by Gasteiger charge is -2.34. The van der Waals surface area contributed by atoms with E-state index >= 15 is 0 Å². The quantitative estimate of drug-likeness (QED) is 0.383. The van der Waals surface area contributed by atoms with Crippen molar-refractivity contribution in [2.75, 3.05) is 13.2 Å². The third kappa shape index (κ3) is 3.51. The Morgan fingerprint density at radius 3 is 2.19 bits per heavy atom. The average Bonchev–Trinajstić information content (AvgIpc) is 2.79. The first-order valence-corrected chi connectivity index (χ1v) is 10.9. The number of aromatic hydroxyl groups is 2. The van der Waals surface area contributed by atoms with Crippen LogP contribution in [0.15, 0.2) is 24.3 Å². The Bertz CT molecular complexity index is 1120. The standard InChI is InChI=1S/C25H26O7/c1-2-3-6-11-32-13-18(26)25(31)10-9-16-17(12-25)24(30)20-19(23(16)29)21(27)14-7-4-5-8-15(14)22(20)28/h4-5,7-8,29-31H,2-3,6,9-13H2,1H3. The van der Waals surface area contributed by atoms with E-state index in [4.69, 9.17) is 4.74 Å². The van der Waals surface area contributed by atoms with Gasteiger partial charge in [-0.2, -0.15) is 0 Å². The number of hydrogen-bond acceptors (Lipinski definition) is 7. The largest absolute Gasteiger partial charge is 0.507 e. The monoisotopic (exact) mass is 438 g/mol. The van der Waals surface area contributed by atoms with Gasteiger partial charge in [0.05, 0.1) is 11.1 Å². The number of hydrogen-bond donors (Lipinski definition) is 3. The van der Waals surface area contributed by atoms with E-state index in [0.29, 0.717) is 6.61 Å². The van der Waals surface area contributed by atoms with Crippen LogP contribution in [-0.2, 0) is 22.4 Å². The minimum Gasteiger partial charge on any atom is -0.507 e. The molecule has 0 spiro atoms. The Hall–Kier alpha value is -3.03. The molecular weight excluding hydrogens is 412 g/mol. The molecule has 7 nitrogen and oxygen atoms in total. The number of carbonyl (C=O) groups excluding carboxylic acids is 3. The SMILES string of the molecule is CCCCCOCC(=O)C1(O)CCc2c(O)c3c(c(O)c2C1)C(=O)c1ccccc1C3=O. The minimum atomic E-state index is -1.78. The highest BCUT2D eigenvalue weighted by Gasteiger charge is 2.44. The summed E-state index contributed by atoms with van der Waals surface area (Å²) in [6.45, 7) is 2.23. The molecule has 0 aromatic heterocycles. The van der Waals surface area contributed by atoms with Crippen LogP contribution in [0.4, 0.5) is 0 Å². The third-order valence-corrected chi connectivity index (χ3v) is 6.43. The van der Waals surface area contributed by atoms with Crippen molar-refractivity contribution in [3.63, 3.8) is 0 Å². The number of phenolic OH excluding ortho intramolecular Hbond substituents is 2. The fourth-order valence-corrected chi connectivity index (χ4v) is 4.58. The minimum absolute atomic E-state index is 0.0155. The summed E-state index contributed by atoms with van der Waals surface area (Å²) in [6, 6.07) is 6.24. The van der Waals surface area contributed by atoms with Gasteiger partial charge in [-0.05, 0) is 19.3 Å². The molecule has 0 saturated heterocycles. The van der Waals surface area contributed by atoms with Gasteiger partial charge in [0.2, 0.25) is 0 Å². The molecule has 0 amide bonds. The van der Waals surface area contributed by atoms with Crippen molar-refractivity contribution in [2.24, 2.45) is 0 Å². The highest BCUT2D eigenvalue weighted by Crippen LogP contribution is 2.47. The van der Waals surface area contributed by atoms with Crippen molar-refractivity contribution in [2.45, 2.75) is 51.0 Å². The molecule has 0 radical (unpaired) electrons. The molecule has 32 heavy (non-hydrogen) atoms. The van der Waals surface area contributed by atoms with Crippen LogP contribution in [0.1, 0.15) is 75.6 Å². The maximum atomic E-state index is 13.1. The van der Waals surface area contributed by atoms with Crippen molar-refractivity contribution in [1.29, 1.82) is 0 Å². The van der Waals surface area contributed by atoms with Crippen LogP contribution in [0.2, 0.25) is 0 Å². The van der Waals surface area contributed by atoms with Crippen LogP contribution < -0.4 is 0 Å². The van der Waals surface area contributed by atoms with E-state index in [0.717, 1.165) is 19.3 Å². The first-order chi connectivity index (χ1) is 15.3. The Labute approximate surface area is 185 Å². The van der Waals surface area contributed by atoms with Crippen molar-refractivity contribution in [3.8, 4) is 11.5 Å². The molecule has 3 N–H and O–H groups in total. The second-order valence-electron chi connectivity index (χ2n) is 8.50. The second kappa shape index (κ2) is 8.48. The number of unbranched alkanes of at least 4 members (excludes halogenated alkanes) is 2. The van der Waals surface area contributed by atoms with Crippen LogP contribution in [-0.4, -0.2) is 51.5 Å². The van der Waals surface area contributed by atoms with Crippen LogP contribution in [0.25, 0.3) is 0 Å². The van der Waals surface area contributed by atoms with E-state index in [1.54, 1.807) is 12.1 Å². The molecule has 1 atom stereocenters. The van der Waals surface area contributed by atoms with E-state index in [-0.39, 0.29) is 65.0 Å². The number of rotatable bonds is 7. The second-order valence-corrected chi connectivity index (χ2v) is 8.50. The van der Waals surface area contributed by atoms with Crippen LogP contribution >= 0.6 is 0 Å². The molecule has 0 bridgehead atoms. The summed E-state index contributed by atoms with van der Waals surface area (Å²) in [6.07, 6.45) is 2.65. The lowest BCUT2D eigenvalue weighted by Crippen LogP contribution is -2.46. The molecule has 1 unspecified atom stereocenters. The molecule has 7 heteroatoms. The molecule has 2 aliphatic carbocycles. The van der Waals surface area contributed by atoms with Crippen LogP contribution in [0.5, 0.6) is 11.5 Å². The molecule has 2 aromatic rings. The van der Waals surface area contributed by atoms with E-state index in [1.165, 1.54) is 12.1 Å². The normalized spacial score (nSPS) is 19.3. The van der Waals surface area contributed by atoms with Crippen molar-refractivity contribution >= 4 is 17.3 Å². The first kappa shape index (κ1) is 22.2. The Balaban J connectivity index is 1.67. The van der Waals surface area contributed by atoms with Gasteiger partial charge in [0, 0.05) is 35.3 Å². The van der Waals surface area contributed by atoms with Gasteiger partial charge >= 0.3 is 0 Å². The average molecular weight is 438 g/mol. The van der Waals surface area contributed by atoms with E-state index in [1.807, 2.05) is 0 Å². The zero-order chi connectivity index (χ0) is 23.0. The van der Waals surface area contributed by atoms with Gasteiger partial charge in [-0.3, -0.25) is 14.4 Å². The Kier molecular flexibility index (Phi) is 5.88. The number of benzene rings is 2. The van der Waals surface area contributed by atoms with Gasteiger partial charge in [-0.1, -0.05) is 44.0 Å². The number of fused-ring (bicyclic) bond motifs is 3. The Morgan fingerprint density at radius 2 is 1.59 bits per heavy atom. The smallest absolute Gasteiger partial charge is 0.198 e. The van der Waals surface area contributed by atoms with Gasteiger partial charge in [0.25, 0.3) is 0 Å². The molecule has 0 fully saturated rings. The summed E-state index contributed by atoms with van der Waals surface area (Å²) in [4.78, 5) is 38.7. The zero-order valence-electron chi connectivity index (χ0n) is 17.9. The number of phenols is 2. The maximum Gasteiger partial charge on any atom is 0.198 e. The highest BCUT2D eigenvalue weighted by atomic mass is 16.5. The van der Waals surface area contributed by atoms with E-state index < -0.39 is 28.7 Å². The Morgan fingerprint density at radius 1 is 1.00 bits per heavy atom. The molecule has 0 saturated carbocycles. The van der Waals surface area contributed by atoms with Gasteiger partial charge in [0.1, 0.15) is 23.7 Å². The predicted octanol–water partition coefficient (Wildman–Crippen LogP) is 2.87. The fourth-order valence-electron chi connectivity index (χ4n) is 4.58. The van der Waals surface area contributed by atoms with Crippen LogP contribution in [0.3, 0.4) is 0 Å². The van der Waals surface area contributed by atoms with Crippen molar-refractivity contribution in [3.05, 3.63) is 57.6 Å².